The molecule has 4 N–H and O–H groups in total. The van der Waals surface area contributed by atoms with E-state index in [1.807, 2.05) is 27.7 Å². The molecule has 29 heavy (non-hydrogen) atoms. The number of nitrogens with one attached hydrogen (secondary N) is 2. The zero-order valence-corrected chi connectivity index (χ0v) is 19.1. The molecular formula is C20H36N2O6S. The fourth-order valence-electron chi connectivity index (χ4n) is 2.96. The Kier molecular flexibility index (Phi) is 11.7. The summed E-state index contributed by atoms with van der Waals surface area (Å²) in [7, 11) is 0. The Morgan fingerprint density at radius 2 is 1.62 bits per heavy atom. The second kappa shape index (κ2) is 12.3. The Hall–Kier alpha value is -1.45. The molecule has 0 aromatic rings. The molecule has 0 fully saturated rings. The van der Waals surface area contributed by atoms with Crippen molar-refractivity contribution >= 4 is 34.5 Å². The first kappa shape index (κ1) is 27.5. The van der Waals surface area contributed by atoms with Crippen LogP contribution in [-0.4, -0.2) is 63.0 Å². The van der Waals surface area contributed by atoms with E-state index in [4.69, 9.17) is 10.2 Å². The number of Topliss-reactive ketones (excluding diaryl/α,β-unsaturated/α-hetero) is 1. The second-order valence-corrected chi connectivity index (χ2v) is 9.86. The van der Waals surface area contributed by atoms with Gasteiger partial charge in [-0.25, -0.2) is 0 Å². The van der Waals surface area contributed by atoms with Gasteiger partial charge in [0.25, 0.3) is 0 Å². The fourth-order valence-corrected chi connectivity index (χ4v) is 3.63. The Morgan fingerprint density at radius 1 is 1.03 bits per heavy atom. The van der Waals surface area contributed by atoms with E-state index in [2.05, 4.69) is 10.6 Å². The van der Waals surface area contributed by atoms with Gasteiger partial charge in [0.1, 0.15) is 6.61 Å². The minimum atomic E-state index is -1.01. The molecule has 0 radical (unpaired) electrons. The van der Waals surface area contributed by atoms with Crippen LogP contribution in [-0.2, 0) is 19.2 Å². The van der Waals surface area contributed by atoms with Gasteiger partial charge < -0.3 is 20.8 Å². The van der Waals surface area contributed by atoms with E-state index in [0.29, 0.717) is 6.42 Å². The highest BCUT2D eigenvalue weighted by atomic mass is 32.2. The molecule has 1 amide bonds. The molecule has 2 atom stereocenters. The number of rotatable bonds is 13. The highest BCUT2D eigenvalue weighted by Crippen LogP contribution is 2.26. The summed E-state index contributed by atoms with van der Waals surface area (Å²) in [6, 6.07) is -1.71. The smallest absolute Gasteiger partial charge is 0.303 e. The van der Waals surface area contributed by atoms with Crippen LogP contribution >= 0.6 is 11.8 Å². The number of aliphatic hydroxyl groups is 1. The largest absolute Gasteiger partial charge is 0.481 e. The number of ketones is 1. The predicted octanol–water partition coefficient (Wildman–Crippen LogP) is 1.74. The van der Waals surface area contributed by atoms with Crippen LogP contribution in [0.4, 0.5) is 0 Å². The van der Waals surface area contributed by atoms with Crippen molar-refractivity contribution in [3.63, 3.8) is 0 Å². The van der Waals surface area contributed by atoms with Crippen LogP contribution in [0, 0.1) is 5.41 Å². The van der Waals surface area contributed by atoms with E-state index >= 15 is 0 Å². The van der Waals surface area contributed by atoms with Gasteiger partial charge in [0, 0.05) is 23.1 Å². The standard InChI is InChI=1S/C20H36N2O6S/c1-7-10-20(5,6)17(27)14(12-29-16(26)11-23)21-18(28)13(8-9-15(24)25)22-19(2,3)4/h13-14,22-23H,7-12H2,1-6H3,(H,21,28)(H,24,25)/t13-,14-/m0/s1. The molecule has 0 unspecified atom stereocenters. The van der Waals surface area contributed by atoms with Crippen molar-refractivity contribution < 1.29 is 29.4 Å². The van der Waals surface area contributed by atoms with E-state index in [0.717, 1.165) is 18.2 Å². The summed E-state index contributed by atoms with van der Waals surface area (Å²) >= 11 is 0.793. The molecule has 8 nitrogen and oxygen atoms in total. The van der Waals surface area contributed by atoms with Gasteiger partial charge in [-0.15, -0.1) is 0 Å². The maximum absolute atomic E-state index is 13.0. The summed E-state index contributed by atoms with van der Waals surface area (Å²) in [6.07, 6.45) is 1.29. The lowest BCUT2D eigenvalue weighted by atomic mass is 9.80. The average Bonchev–Trinajstić information content (AvgIpc) is 2.59. The third kappa shape index (κ3) is 11.3. The third-order valence-electron chi connectivity index (χ3n) is 4.29. The summed E-state index contributed by atoms with van der Waals surface area (Å²) in [5.74, 6) is -1.68. The molecule has 0 aliphatic heterocycles. The number of aliphatic hydroxyl groups excluding tert-OH is 1. The number of carboxylic acid groups (broad SMARTS) is 1. The Morgan fingerprint density at radius 3 is 2.07 bits per heavy atom. The summed E-state index contributed by atoms with van der Waals surface area (Å²) in [4.78, 5) is 48.4. The number of hydrogen-bond acceptors (Lipinski definition) is 7. The van der Waals surface area contributed by atoms with Gasteiger partial charge in [0.15, 0.2) is 5.78 Å². The van der Waals surface area contributed by atoms with Crippen LogP contribution < -0.4 is 10.6 Å². The molecule has 0 bridgehead atoms. The minimum absolute atomic E-state index is 0.0122. The molecule has 0 spiro atoms. The summed E-state index contributed by atoms with van der Waals surface area (Å²) < 4.78 is 0. The van der Waals surface area contributed by atoms with Gasteiger partial charge in [-0.3, -0.25) is 19.2 Å². The Bertz CT molecular complexity index is 586. The van der Waals surface area contributed by atoms with Crippen LogP contribution in [0.1, 0.15) is 67.2 Å². The fraction of sp³-hybridized carbons (Fsp3) is 0.800. The lowest BCUT2D eigenvalue weighted by molar-refractivity contribution is -0.138. The first-order valence-electron chi connectivity index (χ1n) is 9.84. The molecule has 0 aliphatic carbocycles. The van der Waals surface area contributed by atoms with Crippen molar-refractivity contribution in [3.05, 3.63) is 0 Å². The molecule has 0 aromatic carbocycles. The van der Waals surface area contributed by atoms with Crippen LogP contribution in [0.15, 0.2) is 0 Å². The Balaban J connectivity index is 5.50. The maximum Gasteiger partial charge on any atom is 0.303 e. The highest BCUT2D eigenvalue weighted by molar-refractivity contribution is 8.13. The monoisotopic (exact) mass is 432 g/mol. The van der Waals surface area contributed by atoms with Crippen LogP contribution in [0.2, 0.25) is 0 Å². The first-order chi connectivity index (χ1) is 13.2. The highest BCUT2D eigenvalue weighted by Gasteiger charge is 2.36. The number of carbonyl (C=O) groups is 4. The lowest BCUT2D eigenvalue weighted by Crippen LogP contribution is -2.56. The third-order valence-corrected chi connectivity index (χ3v) is 5.24. The van der Waals surface area contributed by atoms with Crippen LogP contribution in [0.5, 0.6) is 0 Å². The zero-order chi connectivity index (χ0) is 22.8. The Labute approximate surface area is 177 Å². The van der Waals surface area contributed by atoms with E-state index in [1.54, 1.807) is 13.8 Å². The molecule has 0 aromatic heterocycles. The second-order valence-electron chi connectivity index (χ2n) is 8.78. The average molecular weight is 433 g/mol. The number of amides is 1. The van der Waals surface area contributed by atoms with Crippen molar-refractivity contribution in [2.24, 2.45) is 5.41 Å². The van der Waals surface area contributed by atoms with E-state index in [1.165, 1.54) is 0 Å². The molecular weight excluding hydrogens is 396 g/mol. The number of carboxylic acids is 1. The zero-order valence-electron chi connectivity index (χ0n) is 18.3. The number of aliphatic carboxylic acids is 1. The van der Waals surface area contributed by atoms with Gasteiger partial charge in [0.2, 0.25) is 11.0 Å². The number of carbonyl (C=O) groups excluding carboxylic acids is 3. The molecule has 0 saturated heterocycles. The van der Waals surface area contributed by atoms with Crippen molar-refractivity contribution in [1.82, 2.24) is 10.6 Å². The van der Waals surface area contributed by atoms with Crippen molar-refractivity contribution in [2.75, 3.05) is 12.4 Å². The van der Waals surface area contributed by atoms with Crippen LogP contribution in [0.25, 0.3) is 0 Å². The normalized spacial score (nSPS) is 14.2. The van der Waals surface area contributed by atoms with E-state index in [-0.39, 0.29) is 24.4 Å². The van der Waals surface area contributed by atoms with Gasteiger partial charge >= 0.3 is 5.97 Å². The van der Waals surface area contributed by atoms with Crippen molar-refractivity contribution in [3.8, 4) is 0 Å². The SMILES string of the molecule is CCCC(C)(C)C(=O)[C@H](CSC(=O)CO)NC(=O)[C@H](CCC(=O)O)NC(C)(C)C. The molecule has 168 valence electrons. The molecule has 9 heteroatoms. The summed E-state index contributed by atoms with van der Waals surface area (Å²) in [6.45, 7) is 10.5. The van der Waals surface area contributed by atoms with Crippen molar-refractivity contribution in [2.45, 2.75) is 84.8 Å². The van der Waals surface area contributed by atoms with Gasteiger partial charge in [-0.1, -0.05) is 39.0 Å². The van der Waals surface area contributed by atoms with E-state index in [9.17, 15) is 19.2 Å². The number of hydrogen-bond donors (Lipinski definition) is 4. The van der Waals surface area contributed by atoms with E-state index < -0.39 is 46.6 Å². The van der Waals surface area contributed by atoms with Crippen LogP contribution in [0.3, 0.4) is 0 Å². The quantitative estimate of drug-likeness (QED) is 0.346. The molecule has 0 rings (SSSR count). The molecule has 0 aliphatic rings. The molecule has 0 saturated carbocycles. The summed E-state index contributed by atoms with van der Waals surface area (Å²) in [5, 5.41) is 23.2. The summed E-state index contributed by atoms with van der Waals surface area (Å²) in [5.41, 5.74) is -1.13. The topological polar surface area (TPSA) is 133 Å². The minimum Gasteiger partial charge on any atom is -0.481 e. The number of thioether (sulfide) groups is 1. The van der Waals surface area contributed by atoms with Crippen molar-refractivity contribution in [1.29, 1.82) is 0 Å². The van der Waals surface area contributed by atoms with Gasteiger partial charge in [0.05, 0.1) is 12.1 Å². The lowest BCUT2D eigenvalue weighted by Gasteiger charge is -2.31. The predicted molar refractivity (Wildman–Crippen MR) is 114 cm³/mol. The van der Waals surface area contributed by atoms with Gasteiger partial charge in [-0.05, 0) is 33.6 Å². The molecule has 0 heterocycles. The van der Waals surface area contributed by atoms with Gasteiger partial charge in [-0.2, -0.15) is 0 Å². The first-order valence-corrected chi connectivity index (χ1v) is 10.8. The maximum atomic E-state index is 13.0.